The minimum Gasteiger partial charge on any atom is -0.317 e. The maximum absolute atomic E-state index is 3.44. The van der Waals surface area contributed by atoms with Crippen LogP contribution < -0.4 is 5.32 Å². The zero-order valence-corrected chi connectivity index (χ0v) is 10.9. The van der Waals surface area contributed by atoms with Crippen molar-refractivity contribution in [2.45, 2.75) is 59.0 Å². The second-order valence-corrected chi connectivity index (χ2v) is 5.24. The molecule has 2 nitrogen and oxygen atoms in total. The van der Waals surface area contributed by atoms with Crippen molar-refractivity contribution >= 4 is 0 Å². The van der Waals surface area contributed by atoms with E-state index in [1.807, 2.05) is 0 Å². The molecule has 1 N–H and O–H groups in total. The SMILES string of the molecule is CCNCC(C)CN1C(C)CCCC1C. The first kappa shape index (κ1) is 13.0. The van der Waals surface area contributed by atoms with Gasteiger partial charge in [-0.1, -0.05) is 20.3 Å². The highest BCUT2D eigenvalue weighted by Gasteiger charge is 2.25. The van der Waals surface area contributed by atoms with E-state index in [4.69, 9.17) is 0 Å². The Morgan fingerprint density at radius 2 is 1.87 bits per heavy atom. The molecule has 90 valence electrons. The molecule has 2 heteroatoms. The highest BCUT2D eigenvalue weighted by molar-refractivity contribution is 4.80. The molecule has 1 aliphatic heterocycles. The Bertz CT molecular complexity index is 160. The topological polar surface area (TPSA) is 15.3 Å². The largest absolute Gasteiger partial charge is 0.317 e. The molecule has 0 aromatic heterocycles. The van der Waals surface area contributed by atoms with E-state index < -0.39 is 0 Å². The molecule has 1 saturated heterocycles. The number of rotatable bonds is 5. The smallest absolute Gasteiger partial charge is 0.00698 e. The minimum absolute atomic E-state index is 0.771. The highest BCUT2D eigenvalue weighted by Crippen LogP contribution is 2.23. The fourth-order valence-electron chi connectivity index (χ4n) is 2.65. The van der Waals surface area contributed by atoms with Crippen molar-refractivity contribution < 1.29 is 0 Å². The molecule has 1 rings (SSSR count). The molecule has 0 radical (unpaired) electrons. The van der Waals surface area contributed by atoms with Gasteiger partial charge in [-0.2, -0.15) is 0 Å². The van der Waals surface area contributed by atoms with Crippen LogP contribution in [0.3, 0.4) is 0 Å². The zero-order chi connectivity index (χ0) is 11.3. The second kappa shape index (κ2) is 6.49. The van der Waals surface area contributed by atoms with Crippen LogP contribution in [0.2, 0.25) is 0 Å². The fraction of sp³-hybridized carbons (Fsp3) is 1.00. The molecule has 0 bridgehead atoms. The highest BCUT2D eigenvalue weighted by atomic mass is 15.2. The van der Waals surface area contributed by atoms with Crippen molar-refractivity contribution in [3.63, 3.8) is 0 Å². The Hall–Kier alpha value is -0.0800. The molecule has 15 heavy (non-hydrogen) atoms. The number of nitrogens with zero attached hydrogens (tertiary/aromatic N) is 1. The lowest BCUT2D eigenvalue weighted by atomic mass is 9.96. The normalized spacial score (nSPS) is 30.4. The molecule has 3 unspecified atom stereocenters. The Labute approximate surface area is 95.4 Å². The summed E-state index contributed by atoms with van der Waals surface area (Å²) in [6.07, 6.45) is 4.19. The van der Waals surface area contributed by atoms with Gasteiger partial charge in [0.25, 0.3) is 0 Å². The molecule has 1 aliphatic rings. The standard InChI is InChI=1S/C13H28N2/c1-5-14-9-11(2)10-15-12(3)7-6-8-13(15)4/h11-14H,5-10H2,1-4H3. The third-order valence-electron chi connectivity index (χ3n) is 3.64. The van der Waals surface area contributed by atoms with Crippen LogP contribution in [0.1, 0.15) is 47.0 Å². The molecule has 1 heterocycles. The quantitative estimate of drug-likeness (QED) is 0.753. The molecule has 0 saturated carbocycles. The zero-order valence-electron chi connectivity index (χ0n) is 10.9. The van der Waals surface area contributed by atoms with Gasteiger partial charge < -0.3 is 5.32 Å². The van der Waals surface area contributed by atoms with Gasteiger partial charge >= 0.3 is 0 Å². The molecular weight excluding hydrogens is 184 g/mol. The van der Waals surface area contributed by atoms with E-state index in [0.29, 0.717) is 0 Å². The van der Waals surface area contributed by atoms with Crippen LogP contribution in [0.5, 0.6) is 0 Å². The summed E-state index contributed by atoms with van der Waals surface area (Å²) in [5, 5.41) is 3.44. The van der Waals surface area contributed by atoms with Crippen molar-refractivity contribution in [2.24, 2.45) is 5.92 Å². The predicted molar refractivity (Wildman–Crippen MR) is 67.2 cm³/mol. The Kier molecular flexibility index (Phi) is 5.62. The van der Waals surface area contributed by atoms with E-state index in [1.54, 1.807) is 0 Å². The van der Waals surface area contributed by atoms with Gasteiger partial charge in [0, 0.05) is 18.6 Å². The third-order valence-corrected chi connectivity index (χ3v) is 3.64. The van der Waals surface area contributed by atoms with Crippen molar-refractivity contribution in [3.05, 3.63) is 0 Å². The summed E-state index contributed by atoms with van der Waals surface area (Å²) in [6, 6.07) is 1.58. The summed E-state index contributed by atoms with van der Waals surface area (Å²) in [7, 11) is 0. The van der Waals surface area contributed by atoms with Crippen molar-refractivity contribution in [2.75, 3.05) is 19.6 Å². The van der Waals surface area contributed by atoms with E-state index >= 15 is 0 Å². The summed E-state index contributed by atoms with van der Waals surface area (Å²) in [5.74, 6) is 0.771. The molecule has 0 spiro atoms. The lowest BCUT2D eigenvalue weighted by Crippen LogP contribution is -2.46. The van der Waals surface area contributed by atoms with Crippen LogP contribution in [-0.2, 0) is 0 Å². The molecule has 0 amide bonds. The van der Waals surface area contributed by atoms with E-state index in [9.17, 15) is 0 Å². The van der Waals surface area contributed by atoms with Crippen LogP contribution in [-0.4, -0.2) is 36.6 Å². The van der Waals surface area contributed by atoms with Crippen molar-refractivity contribution in [3.8, 4) is 0 Å². The van der Waals surface area contributed by atoms with Crippen LogP contribution in [0.4, 0.5) is 0 Å². The first-order valence-corrected chi connectivity index (χ1v) is 6.61. The Balaban J connectivity index is 2.33. The lowest BCUT2D eigenvalue weighted by molar-refractivity contribution is 0.0868. The average Bonchev–Trinajstić information content (AvgIpc) is 2.21. The van der Waals surface area contributed by atoms with E-state index in [2.05, 4.69) is 37.9 Å². The first-order chi connectivity index (χ1) is 7.15. The minimum atomic E-state index is 0.771. The number of likely N-dealkylation sites (tertiary alicyclic amines) is 1. The summed E-state index contributed by atoms with van der Waals surface area (Å²) in [4.78, 5) is 2.70. The van der Waals surface area contributed by atoms with E-state index in [0.717, 1.165) is 31.1 Å². The Morgan fingerprint density at radius 1 is 1.27 bits per heavy atom. The summed E-state index contributed by atoms with van der Waals surface area (Å²) in [6.45, 7) is 12.8. The van der Waals surface area contributed by atoms with Crippen molar-refractivity contribution in [1.82, 2.24) is 10.2 Å². The third kappa shape index (κ3) is 4.12. The Morgan fingerprint density at radius 3 is 2.40 bits per heavy atom. The average molecular weight is 212 g/mol. The number of hydrogen-bond acceptors (Lipinski definition) is 2. The number of nitrogens with one attached hydrogen (secondary N) is 1. The van der Waals surface area contributed by atoms with Gasteiger partial charge in [-0.25, -0.2) is 0 Å². The molecule has 0 aromatic carbocycles. The van der Waals surface area contributed by atoms with E-state index in [-0.39, 0.29) is 0 Å². The molecule has 1 fully saturated rings. The second-order valence-electron chi connectivity index (χ2n) is 5.24. The van der Waals surface area contributed by atoms with Crippen LogP contribution in [0, 0.1) is 5.92 Å². The number of piperidine rings is 1. The van der Waals surface area contributed by atoms with Gasteiger partial charge in [0.1, 0.15) is 0 Å². The van der Waals surface area contributed by atoms with Gasteiger partial charge in [0.15, 0.2) is 0 Å². The van der Waals surface area contributed by atoms with Gasteiger partial charge in [-0.05, 0) is 45.7 Å². The fourth-order valence-corrected chi connectivity index (χ4v) is 2.65. The van der Waals surface area contributed by atoms with Gasteiger partial charge in [-0.3, -0.25) is 4.90 Å². The predicted octanol–water partition coefficient (Wildman–Crippen LogP) is 2.49. The van der Waals surface area contributed by atoms with Gasteiger partial charge in [0.05, 0.1) is 0 Å². The molecule has 3 atom stereocenters. The van der Waals surface area contributed by atoms with Crippen LogP contribution >= 0.6 is 0 Å². The monoisotopic (exact) mass is 212 g/mol. The van der Waals surface area contributed by atoms with Gasteiger partial charge in [-0.15, -0.1) is 0 Å². The maximum atomic E-state index is 3.44. The summed E-state index contributed by atoms with van der Waals surface area (Å²) < 4.78 is 0. The van der Waals surface area contributed by atoms with Crippen LogP contribution in [0.25, 0.3) is 0 Å². The maximum Gasteiger partial charge on any atom is 0.00698 e. The van der Waals surface area contributed by atoms with Crippen LogP contribution in [0.15, 0.2) is 0 Å². The first-order valence-electron chi connectivity index (χ1n) is 6.61. The molecule has 0 aliphatic carbocycles. The summed E-state index contributed by atoms with van der Waals surface area (Å²) in [5.41, 5.74) is 0. The number of hydrogen-bond donors (Lipinski definition) is 1. The molecular formula is C13H28N2. The molecule has 0 aromatic rings. The van der Waals surface area contributed by atoms with E-state index in [1.165, 1.54) is 25.8 Å². The lowest BCUT2D eigenvalue weighted by Gasteiger charge is -2.40. The van der Waals surface area contributed by atoms with Crippen molar-refractivity contribution in [1.29, 1.82) is 0 Å². The summed E-state index contributed by atoms with van der Waals surface area (Å²) >= 11 is 0. The van der Waals surface area contributed by atoms with Gasteiger partial charge in [0.2, 0.25) is 0 Å².